The molecule has 2 aromatic heterocycles. The topological polar surface area (TPSA) is 48.6 Å². The van der Waals surface area contributed by atoms with E-state index in [9.17, 15) is 4.21 Å². The van der Waals surface area contributed by atoms with Crippen molar-refractivity contribution in [2.24, 2.45) is 0 Å². The molecule has 2 aromatic carbocycles. The fourth-order valence-corrected chi connectivity index (χ4v) is 4.09. The molecule has 0 aliphatic heterocycles. The molecule has 0 amide bonds. The van der Waals surface area contributed by atoms with E-state index in [1.807, 2.05) is 12.1 Å². The van der Waals surface area contributed by atoms with Gasteiger partial charge >= 0.3 is 0 Å². The van der Waals surface area contributed by atoms with E-state index in [4.69, 9.17) is 0 Å². The lowest BCUT2D eigenvalue weighted by atomic mass is 9.88. The summed E-state index contributed by atoms with van der Waals surface area (Å²) in [6.07, 6.45) is 6.86. The van der Waals surface area contributed by atoms with Gasteiger partial charge in [-0.2, -0.15) is 0 Å². The minimum Gasteiger partial charge on any atom is -0.361 e. The molecule has 0 bridgehead atoms. The number of hydrogen-bond acceptors (Lipinski definition) is 1. The van der Waals surface area contributed by atoms with E-state index < -0.39 is 10.8 Å². The molecule has 4 heteroatoms. The highest BCUT2D eigenvalue weighted by atomic mass is 32.2. The van der Waals surface area contributed by atoms with E-state index in [1.54, 1.807) is 6.26 Å². The summed E-state index contributed by atoms with van der Waals surface area (Å²) in [6, 6.07) is 16.8. The first-order valence-corrected chi connectivity index (χ1v) is 9.89. The summed E-state index contributed by atoms with van der Waals surface area (Å²) in [5, 5.41) is 2.49. The van der Waals surface area contributed by atoms with E-state index in [-0.39, 0.29) is 5.92 Å². The third kappa shape index (κ3) is 2.67. The van der Waals surface area contributed by atoms with Crippen molar-refractivity contribution in [1.82, 2.24) is 9.97 Å². The van der Waals surface area contributed by atoms with Crippen molar-refractivity contribution in [3.63, 3.8) is 0 Å². The second-order valence-corrected chi connectivity index (χ2v) is 7.75. The van der Waals surface area contributed by atoms with Crippen molar-refractivity contribution in [2.75, 3.05) is 12.0 Å². The number of aromatic amines is 2. The van der Waals surface area contributed by atoms with Gasteiger partial charge in [0.25, 0.3) is 0 Å². The lowest BCUT2D eigenvalue weighted by Gasteiger charge is -2.16. The van der Waals surface area contributed by atoms with Crippen LogP contribution in [0.1, 0.15) is 23.5 Å². The van der Waals surface area contributed by atoms with Crippen molar-refractivity contribution < 1.29 is 4.21 Å². The smallest absolute Gasteiger partial charge is 0.0457 e. The molecule has 0 fully saturated rings. The summed E-state index contributed by atoms with van der Waals surface area (Å²) in [7, 11) is -0.797. The standard InChI is InChI=1S/C20H20N2OS/c1-24(23)11-10-14(17-12-21-19-8-4-2-6-15(17)19)18-13-22-20-9-5-3-7-16(18)20/h2-9,12-14,21-22H,10-11H2,1H3/t24-/m0/s1. The Kier molecular flexibility index (Phi) is 3.98. The van der Waals surface area contributed by atoms with Gasteiger partial charge in [0.1, 0.15) is 0 Å². The fraction of sp³-hybridized carbons (Fsp3) is 0.200. The summed E-state index contributed by atoms with van der Waals surface area (Å²) in [4.78, 5) is 6.76. The van der Waals surface area contributed by atoms with Crippen LogP contribution < -0.4 is 0 Å². The minimum atomic E-state index is -0.797. The number of para-hydroxylation sites is 2. The number of fused-ring (bicyclic) bond motifs is 2. The molecular formula is C20H20N2OS. The van der Waals surface area contributed by atoms with Gasteiger partial charge in [-0.1, -0.05) is 36.4 Å². The molecule has 0 saturated carbocycles. The maximum absolute atomic E-state index is 11.7. The molecular weight excluding hydrogens is 316 g/mol. The largest absolute Gasteiger partial charge is 0.361 e. The van der Waals surface area contributed by atoms with Crippen LogP contribution in [0.3, 0.4) is 0 Å². The van der Waals surface area contributed by atoms with Crippen LogP contribution in [0.25, 0.3) is 21.8 Å². The van der Waals surface area contributed by atoms with Gasteiger partial charge < -0.3 is 9.97 Å². The second kappa shape index (κ2) is 6.29. The van der Waals surface area contributed by atoms with Crippen molar-refractivity contribution in [1.29, 1.82) is 0 Å². The molecule has 24 heavy (non-hydrogen) atoms. The second-order valence-electron chi connectivity index (χ2n) is 6.20. The van der Waals surface area contributed by atoms with Gasteiger partial charge in [0.05, 0.1) is 0 Å². The Labute approximate surface area is 143 Å². The molecule has 3 nitrogen and oxygen atoms in total. The van der Waals surface area contributed by atoms with Crippen molar-refractivity contribution in [2.45, 2.75) is 12.3 Å². The first-order valence-electron chi connectivity index (χ1n) is 8.16. The average molecular weight is 336 g/mol. The zero-order valence-corrected chi connectivity index (χ0v) is 14.4. The van der Waals surface area contributed by atoms with Crippen molar-refractivity contribution in [3.05, 3.63) is 72.1 Å². The molecule has 0 saturated heterocycles. The molecule has 122 valence electrons. The van der Waals surface area contributed by atoms with Gasteiger partial charge in [0.2, 0.25) is 0 Å². The van der Waals surface area contributed by atoms with Crippen LogP contribution in [0, 0.1) is 0 Å². The maximum atomic E-state index is 11.7. The first-order chi connectivity index (χ1) is 11.7. The molecule has 4 rings (SSSR count). The molecule has 0 spiro atoms. The Morgan fingerprint density at radius 3 is 1.88 bits per heavy atom. The zero-order valence-electron chi connectivity index (χ0n) is 13.6. The molecule has 4 aromatic rings. The molecule has 0 radical (unpaired) electrons. The van der Waals surface area contributed by atoms with Crippen LogP contribution in [0.4, 0.5) is 0 Å². The highest BCUT2D eigenvalue weighted by molar-refractivity contribution is 7.84. The quantitative estimate of drug-likeness (QED) is 0.552. The highest BCUT2D eigenvalue weighted by Crippen LogP contribution is 2.36. The lowest BCUT2D eigenvalue weighted by Crippen LogP contribution is -2.05. The summed E-state index contributed by atoms with van der Waals surface area (Å²) < 4.78 is 11.7. The Morgan fingerprint density at radius 1 is 0.875 bits per heavy atom. The summed E-state index contributed by atoms with van der Waals surface area (Å²) in [5.41, 5.74) is 4.85. The Hall–Kier alpha value is -2.33. The Bertz CT molecular complexity index is 941. The number of H-pyrrole nitrogens is 2. The van der Waals surface area contributed by atoms with Crippen molar-refractivity contribution >= 4 is 32.6 Å². The molecule has 2 heterocycles. The van der Waals surface area contributed by atoms with Crippen molar-refractivity contribution in [3.8, 4) is 0 Å². The molecule has 2 N–H and O–H groups in total. The SMILES string of the molecule is C[S@](=O)CCC(c1c[nH]c2ccccc12)c1c[nH]c2ccccc12. The van der Waals surface area contributed by atoms with Gasteiger partial charge in [0, 0.05) is 62.9 Å². The number of aromatic nitrogens is 2. The maximum Gasteiger partial charge on any atom is 0.0457 e. The van der Waals surface area contributed by atoms with Crippen LogP contribution in [0.5, 0.6) is 0 Å². The Morgan fingerprint density at radius 2 is 1.38 bits per heavy atom. The van der Waals surface area contributed by atoms with E-state index in [1.165, 1.54) is 21.9 Å². The number of benzene rings is 2. The third-order valence-corrected chi connectivity index (χ3v) is 5.50. The van der Waals surface area contributed by atoms with Crippen LogP contribution in [-0.2, 0) is 10.8 Å². The Balaban J connectivity index is 1.86. The summed E-state index contributed by atoms with van der Waals surface area (Å²) in [6.45, 7) is 0. The number of nitrogens with one attached hydrogen (secondary N) is 2. The monoisotopic (exact) mass is 336 g/mol. The normalized spacial score (nSPS) is 13.1. The predicted molar refractivity (Wildman–Crippen MR) is 102 cm³/mol. The molecule has 1 atom stereocenters. The average Bonchev–Trinajstić information content (AvgIpc) is 3.20. The fourth-order valence-electron chi connectivity index (χ4n) is 3.53. The van der Waals surface area contributed by atoms with Crippen LogP contribution in [-0.4, -0.2) is 26.2 Å². The van der Waals surface area contributed by atoms with E-state index in [0.717, 1.165) is 17.5 Å². The molecule has 0 aliphatic carbocycles. The minimum absolute atomic E-state index is 0.223. The molecule has 0 unspecified atom stereocenters. The first kappa shape index (κ1) is 15.2. The van der Waals surface area contributed by atoms with Gasteiger partial charge in [-0.25, -0.2) is 0 Å². The summed E-state index contributed by atoms with van der Waals surface area (Å²) in [5.74, 6) is 0.921. The highest BCUT2D eigenvalue weighted by Gasteiger charge is 2.21. The van der Waals surface area contributed by atoms with E-state index >= 15 is 0 Å². The number of rotatable bonds is 5. The van der Waals surface area contributed by atoms with Crippen LogP contribution in [0.15, 0.2) is 60.9 Å². The summed E-state index contributed by atoms with van der Waals surface area (Å²) >= 11 is 0. The van der Waals surface area contributed by atoms with Crippen LogP contribution in [0.2, 0.25) is 0 Å². The van der Waals surface area contributed by atoms with E-state index in [0.29, 0.717) is 5.75 Å². The lowest BCUT2D eigenvalue weighted by molar-refractivity contribution is 0.680. The molecule has 0 aliphatic rings. The van der Waals surface area contributed by atoms with E-state index in [2.05, 4.69) is 58.8 Å². The third-order valence-electron chi connectivity index (χ3n) is 4.69. The predicted octanol–water partition coefficient (Wildman–Crippen LogP) is 4.55. The van der Waals surface area contributed by atoms with Gasteiger partial charge in [0.15, 0.2) is 0 Å². The van der Waals surface area contributed by atoms with Crippen LogP contribution >= 0.6 is 0 Å². The van der Waals surface area contributed by atoms with Gasteiger partial charge in [-0.3, -0.25) is 4.21 Å². The number of hydrogen-bond donors (Lipinski definition) is 2. The van der Waals surface area contributed by atoms with Gasteiger partial charge in [-0.05, 0) is 29.7 Å². The zero-order chi connectivity index (χ0) is 16.5. The van der Waals surface area contributed by atoms with Gasteiger partial charge in [-0.15, -0.1) is 0 Å².